The smallest absolute Gasteiger partial charge is 0.203 e. The Hall–Kier alpha value is -2.77. The van der Waals surface area contributed by atoms with Gasteiger partial charge in [0.2, 0.25) is 4.77 Å². The Balaban J connectivity index is 1.78. The van der Waals surface area contributed by atoms with E-state index in [1.807, 2.05) is 46.5 Å². The highest BCUT2D eigenvalue weighted by atomic mass is 32.1. The lowest BCUT2D eigenvalue weighted by molar-refractivity contribution is -0.917. The van der Waals surface area contributed by atoms with Crippen LogP contribution in [0.2, 0.25) is 0 Å². The Kier molecular flexibility index (Phi) is 6.73. The molecule has 1 atom stereocenters. The van der Waals surface area contributed by atoms with Crippen LogP contribution in [0.3, 0.4) is 0 Å². The molecular weight excluding hydrogens is 370 g/mol. The summed E-state index contributed by atoms with van der Waals surface area (Å²) in [5.74, 6) is 1.71. The predicted molar refractivity (Wildman–Crippen MR) is 113 cm³/mol. The maximum absolute atomic E-state index is 5.67. The maximum atomic E-state index is 5.67. The first kappa shape index (κ1) is 20.0. The fraction of sp³-hybridized carbons (Fsp3) is 0.286. The molecule has 0 spiro atoms. The van der Waals surface area contributed by atoms with Gasteiger partial charge in [0, 0.05) is 30.1 Å². The molecule has 0 aliphatic rings. The molecule has 0 saturated carbocycles. The van der Waals surface area contributed by atoms with Crippen molar-refractivity contribution in [2.45, 2.75) is 26.7 Å². The van der Waals surface area contributed by atoms with Gasteiger partial charge in [0.15, 0.2) is 12.5 Å². The van der Waals surface area contributed by atoms with Crippen LogP contribution in [-0.2, 0) is 19.8 Å². The minimum absolute atomic E-state index is 0.612. The quantitative estimate of drug-likeness (QED) is 0.446. The Morgan fingerprint density at radius 1 is 1.25 bits per heavy atom. The number of allylic oxidation sites excluding steroid dienone is 1. The highest BCUT2D eigenvalue weighted by Crippen LogP contribution is 2.17. The van der Waals surface area contributed by atoms with E-state index in [0.29, 0.717) is 24.6 Å². The molecular formula is C21H26N5OS+. The third-order valence-corrected chi connectivity index (χ3v) is 4.75. The van der Waals surface area contributed by atoms with E-state index in [1.165, 1.54) is 10.5 Å². The van der Waals surface area contributed by atoms with E-state index >= 15 is 0 Å². The third-order valence-electron chi connectivity index (χ3n) is 4.31. The van der Waals surface area contributed by atoms with Gasteiger partial charge in [-0.05, 0) is 55.5 Å². The summed E-state index contributed by atoms with van der Waals surface area (Å²) in [6, 6.07) is 12.1. The van der Waals surface area contributed by atoms with E-state index in [9.17, 15) is 0 Å². The zero-order valence-electron chi connectivity index (χ0n) is 16.3. The average molecular weight is 397 g/mol. The van der Waals surface area contributed by atoms with Crippen LogP contribution in [0.4, 0.5) is 0 Å². The zero-order valence-corrected chi connectivity index (χ0v) is 17.2. The van der Waals surface area contributed by atoms with Crippen molar-refractivity contribution in [2.75, 3.05) is 13.7 Å². The number of nitrogens with zero attached hydrogens (tertiary/aromatic N) is 4. The van der Waals surface area contributed by atoms with Crippen molar-refractivity contribution in [3.63, 3.8) is 0 Å². The first-order valence-corrected chi connectivity index (χ1v) is 9.75. The molecule has 6 nitrogen and oxygen atoms in total. The van der Waals surface area contributed by atoms with Crippen molar-refractivity contribution in [1.29, 1.82) is 0 Å². The molecule has 1 unspecified atom stereocenters. The highest BCUT2D eigenvalue weighted by molar-refractivity contribution is 7.71. The summed E-state index contributed by atoms with van der Waals surface area (Å²) in [7, 11) is 2.13. The Morgan fingerprint density at radius 3 is 2.68 bits per heavy atom. The molecule has 3 rings (SSSR count). The number of quaternary nitrogens is 1. The van der Waals surface area contributed by atoms with Crippen molar-refractivity contribution < 1.29 is 9.64 Å². The van der Waals surface area contributed by atoms with Crippen molar-refractivity contribution in [2.24, 2.45) is 0 Å². The third kappa shape index (κ3) is 4.74. The summed E-state index contributed by atoms with van der Waals surface area (Å²) in [5, 5.41) is 4.77. The minimum Gasteiger partial charge on any atom is -0.494 e. The summed E-state index contributed by atoms with van der Waals surface area (Å²) in [6.45, 7) is 8.65. The normalized spacial score (nSPS) is 11.9. The van der Waals surface area contributed by atoms with Gasteiger partial charge in [-0.3, -0.25) is 9.55 Å². The van der Waals surface area contributed by atoms with Crippen molar-refractivity contribution in [3.8, 4) is 17.1 Å². The van der Waals surface area contributed by atoms with Gasteiger partial charge in [0.05, 0.1) is 13.7 Å². The first-order chi connectivity index (χ1) is 13.6. The molecule has 1 N–H and O–H groups in total. The van der Waals surface area contributed by atoms with Crippen LogP contribution >= 0.6 is 12.2 Å². The van der Waals surface area contributed by atoms with Gasteiger partial charge in [-0.15, -0.1) is 11.7 Å². The molecule has 0 amide bonds. The van der Waals surface area contributed by atoms with Crippen LogP contribution in [-0.4, -0.2) is 33.0 Å². The largest absolute Gasteiger partial charge is 0.494 e. The van der Waals surface area contributed by atoms with Crippen molar-refractivity contribution in [3.05, 3.63) is 71.8 Å². The number of pyridine rings is 1. The molecule has 0 aliphatic heterocycles. The zero-order chi connectivity index (χ0) is 19.9. The van der Waals surface area contributed by atoms with Gasteiger partial charge in [-0.1, -0.05) is 6.08 Å². The fourth-order valence-electron chi connectivity index (χ4n) is 3.08. The van der Waals surface area contributed by atoms with E-state index in [0.717, 1.165) is 23.7 Å². The van der Waals surface area contributed by atoms with Gasteiger partial charge >= 0.3 is 0 Å². The van der Waals surface area contributed by atoms with Gasteiger partial charge in [0.1, 0.15) is 12.3 Å². The molecule has 2 aromatic heterocycles. The Bertz CT molecular complexity index is 963. The monoisotopic (exact) mass is 396 g/mol. The molecule has 3 aromatic rings. The molecule has 0 bridgehead atoms. The molecule has 7 heteroatoms. The van der Waals surface area contributed by atoms with E-state index in [1.54, 1.807) is 12.4 Å². The minimum atomic E-state index is 0.612. The van der Waals surface area contributed by atoms with Gasteiger partial charge in [0.25, 0.3) is 0 Å². The number of rotatable bonds is 9. The molecule has 146 valence electrons. The summed E-state index contributed by atoms with van der Waals surface area (Å²) >= 11 is 5.67. The van der Waals surface area contributed by atoms with Crippen molar-refractivity contribution >= 4 is 12.2 Å². The topological polar surface area (TPSA) is 49.3 Å². The van der Waals surface area contributed by atoms with Crippen LogP contribution in [0.5, 0.6) is 5.75 Å². The molecule has 1 aromatic carbocycles. The van der Waals surface area contributed by atoms with Gasteiger partial charge in [-0.25, -0.2) is 0 Å². The number of aromatic nitrogens is 4. The summed E-state index contributed by atoms with van der Waals surface area (Å²) in [4.78, 5) is 5.48. The standard InChI is InChI=1S/C21H25N5OS/c1-4-13-25-20(18-7-6-12-22-14-18)23-26(21(25)28)16-24(3)15-17-8-10-19(11-9-17)27-5-2/h4,6-12,14H,1,5,13,15-16H2,2-3H3/p+1. The SMILES string of the molecule is C=CCn1c(-c2cccnc2)nn(C[NH+](C)Cc2ccc(OCC)cc2)c1=S. The Morgan fingerprint density at radius 2 is 2.04 bits per heavy atom. The number of hydrogen-bond donors (Lipinski definition) is 1. The second-order valence-corrected chi connectivity index (χ2v) is 6.98. The van der Waals surface area contributed by atoms with Gasteiger partial charge < -0.3 is 9.64 Å². The molecule has 0 aliphatic carbocycles. The molecule has 0 radical (unpaired) electrons. The lowest BCUT2D eigenvalue weighted by atomic mass is 10.2. The fourth-order valence-corrected chi connectivity index (χ4v) is 3.34. The van der Waals surface area contributed by atoms with Crippen LogP contribution in [0.15, 0.2) is 61.4 Å². The summed E-state index contributed by atoms with van der Waals surface area (Å²) in [6.07, 6.45) is 5.39. The van der Waals surface area contributed by atoms with E-state index in [4.69, 9.17) is 22.1 Å². The van der Waals surface area contributed by atoms with E-state index < -0.39 is 0 Å². The molecule has 28 heavy (non-hydrogen) atoms. The lowest BCUT2D eigenvalue weighted by Gasteiger charge is -2.14. The van der Waals surface area contributed by atoms with Crippen molar-refractivity contribution in [1.82, 2.24) is 19.3 Å². The molecule has 0 saturated heterocycles. The average Bonchev–Trinajstić information content (AvgIpc) is 3.00. The number of benzene rings is 1. The molecule has 0 fully saturated rings. The van der Waals surface area contributed by atoms with Crippen LogP contribution in [0.25, 0.3) is 11.4 Å². The highest BCUT2D eigenvalue weighted by Gasteiger charge is 2.15. The van der Waals surface area contributed by atoms with Crippen LogP contribution in [0.1, 0.15) is 12.5 Å². The molecule has 2 heterocycles. The van der Waals surface area contributed by atoms with Gasteiger partial charge in [-0.2, -0.15) is 4.68 Å². The lowest BCUT2D eigenvalue weighted by Crippen LogP contribution is -3.07. The second-order valence-electron chi connectivity index (χ2n) is 6.62. The van der Waals surface area contributed by atoms with Crippen LogP contribution < -0.4 is 9.64 Å². The van der Waals surface area contributed by atoms with E-state index in [-0.39, 0.29) is 0 Å². The Labute approximate surface area is 170 Å². The number of ether oxygens (including phenoxy) is 1. The van der Waals surface area contributed by atoms with E-state index in [2.05, 4.69) is 30.7 Å². The maximum Gasteiger partial charge on any atom is 0.203 e. The first-order valence-electron chi connectivity index (χ1n) is 9.34. The predicted octanol–water partition coefficient (Wildman–Crippen LogP) is 2.73. The number of nitrogens with one attached hydrogen (secondary N) is 1. The number of hydrogen-bond acceptors (Lipinski definition) is 4. The summed E-state index contributed by atoms with van der Waals surface area (Å²) in [5.41, 5.74) is 2.18. The van der Waals surface area contributed by atoms with Crippen LogP contribution in [0, 0.1) is 4.77 Å². The summed E-state index contributed by atoms with van der Waals surface area (Å²) < 4.78 is 10.1. The second kappa shape index (κ2) is 9.43.